The van der Waals surface area contributed by atoms with Crippen molar-refractivity contribution in [2.45, 2.75) is 37.4 Å². The Kier molecular flexibility index (Phi) is 3.97. The fourth-order valence-corrected chi connectivity index (χ4v) is 2.58. The molecule has 2 aliphatic rings. The van der Waals surface area contributed by atoms with E-state index in [4.69, 9.17) is 14.6 Å². The molecule has 2 saturated heterocycles. The van der Waals surface area contributed by atoms with Crippen LogP contribution in [0.25, 0.3) is 0 Å². The van der Waals surface area contributed by atoms with Gasteiger partial charge in [-0.25, -0.2) is 0 Å². The van der Waals surface area contributed by atoms with Crippen LogP contribution in [0, 0.1) is 0 Å². The van der Waals surface area contributed by atoms with E-state index in [2.05, 4.69) is 5.32 Å². The van der Waals surface area contributed by atoms with Crippen molar-refractivity contribution >= 4 is 0 Å². The molecule has 1 atom stereocenters. The molecule has 1 spiro atoms. The summed E-state index contributed by atoms with van der Waals surface area (Å²) in [7, 11) is 0. The maximum atomic E-state index is 8.73. The number of hydrogen-bond acceptors (Lipinski definition) is 4. The van der Waals surface area contributed by atoms with E-state index >= 15 is 0 Å². The monoisotopic (exact) mass is 215 g/mol. The summed E-state index contributed by atoms with van der Waals surface area (Å²) >= 11 is 0. The zero-order valence-electron chi connectivity index (χ0n) is 9.21. The van der Waals surface area contributed by atoms with Gasteiger partial charge in [-0.1, -0.05) is 0 Å². The van der Waals surface area contributed by atoms with Gasteiger partial charge in [-0.3, -0.25) is 0 Å². The van der Waals surface area contributed by atoms with Crippen LogP contribution < -0.4 is 5.32 Å². The molecular weight excluding hydrogens is 194 g/mol. The van der Waals surface area contributed by atoms with E-state index in [0.717, 1.165) is 45.4 Å². The molecule has 1 unspecified atom stereocenters. The van der Waals surface area contributed by atoms with Crippen molar-refractivity contribution in [2.24, 2.45) is 0 Å². The van der Waals surface area contributed by atoms with Crippen LogP contribution in [0.5, 0.6) is 0 Å². The summed E-state index contributed by atoms with van der Waals surface area (Å²) in [5, 5.41) is 12.1. The first kappa shape index (κ1) is 11.3. The molecule has 88 valence electrons. The van der Waals surface area contributed by atoms with Gasteiger partial charge in [0.15, 0.2) is 0 Å². The quantitative estimate of drug-likeness (QED) is 0.711. The maximum Gasteiger partial charge on any atom is 0.0731 e. The van der Waals surface area contributed by atoms with Gasteiger partial charge in [0.05, 0.1) is 24.9 Å². The van der Waals surface area contributed by atoms with Gasteiger partial charge in [-0.05, 0) is 32.4 Å². The van der Waals surface area contributed by atoms with Crippen molar-refractivity contribution in [1.29, 1.82) is 0 Å². The third-order valence-electron chi connectivity index (χ3n) is 3.41. The molecule has 2 aliphatic heterocycles. The Morgan fingerprint density at radius 2 is 2.20 bits per heavy atom. The van der Waals surface area contributed by atoms with Crippen LogP contribution in [-0.4, -0.2) is 49.7 Å². The Balaban J connectivity index is 1.85. The highest BCUT2D eigenvalue weighted by atomic mass is 16.5. The minimum atomic E-state index is 0.0591. The number of piperidine rings is 1. The summed E-state index contributed by atoms with van der Waals surface area (Å²) in [6, 6.07) is 0. The van der Waals surface area contributed by atoms with E-state index in [1.54, 1.807) is 0 Å². The van der Waals surface area contributed by atoms with Crippen molar-refractivity contribution < 1.29 is 14.6 Å². The van der Waals surface area contributed by atoms with E-state index in [-0.39, 0.29) is 18.3 Å². The smallest absolute Gasteiger partial charge is 0.0731 e. The van der Waals surface area contributed by atoms with Crippen molar-refractivity contribution in [2.75, 3.05) is 32.9 Å². The normalized spacial score (nSPS) is 30.6. The topological polar surface area (TPSA) is 50.7 Å². The predicted octanol–water partition coefficient (Wildman–Crippen LogP) is 0.296. The molecule has 0 radical (unpaired) electrons. The molecule has 0 aliphatic carbocycles. The van der Waals surface area contributed by atoms with E-state index in [1.165, 1.54) is 0 Å². The Labute approximate surface area is 90.9 Å². The van der Waals surface area contributed by atoms with E-state index in [0.29, 0.717) is 6.61 Å². The van der Waals surface area contributed by atoms with Crippen LogP contribution in [0.1, 0.15) is 25.7 Å². The lowest BCUT2D eigenvalue weighted by atomic mass is 9.84. The van der Waals surface area contributed by atoms with E-state index in [1.807, 2.05) is 0 Å². The molecule has 0 saturated carbocycles. The fourth-order valence-electron chi connectivity index (χ4n) is 2.58. The molecule has 0 amide bonds. The summed E-state index contributed by atoms with van der Waals surface area (Å²) in [6.45, 7) is 3.47. The molecular formula is C11H21NO3. The highest BCUT2D eigenvalue weighted by molar-refractivity contribution is 4.91. The molecule has 2 rings (SSSR count). The number of nitrogens with one attached hydrogen (secondary N) is 1. The Hall–Kier alpha value is -0.160. The van der Waals surface area contributed by atoms with Crippen molar-refractivity contribution in [3.63, 3.8) is 0 Å². The molecule has 0 aromatic rings. The van der Waals surface area contributed by atoms with Gasteiger partial charge in [0.25, 0.3) is 0 Å². The third-order valence-corrected chi connectivity index (χ3v) is 3.41. The summed E-state index contributed by atoms with van der Waals surface area (Å²) in [4.78, 5) is 0. The molecule has 2 N–H and O–H groups in total. The lowest BCUT2D eigenvalue weighted by molar-refractivity contribution is -0.147. The average molecular weight is 215 g/mol. The van der Waals surface area contributed by atoms with Crippen molar-refractivity contribution in [3.05, 3.63) is 0 Å². The molecule has 4 nitrogen and oxygen atoms in total. The Morgan fingerprint density at radius 3 is 2.93 bits per heavy atom. The number of rotatable bonds is 3. The summed E-state index contributed by atoms with van der Waals surface area (Å²) in [6.07, 6.45) is 4.42. The minimum Gasteiger partial charge on any atom is -0.394 e. The van der Waals surface area contributed by atoms with Crippen LogP contribution >= 0.6 is 0 Å². The second-order valence-electron chi connectivity index (χ2n) is 4.49. The van der Waals surface area contributed by atoms with Gasteiger partial charge in [-0.2, -0.15) is 0 Å². The highest BCUT2D eigenvalue weighted by Crippen LogP contribution is 2.34. The Bertz CT molecular complexity index is 187. The van der Waals surface area contributed by atoms with Crippen molar-refractivity contribution in [1.82, 2.24) is 5.32 Å². The average Bonchev–Trinajstić information content (AvgIpc) is 2.28. The first-order valence-electron chi connectivity index (χ1n) is 5.92. The maximum absolute atomic E-state index is 8.73. The molecule has 0 bridgehead atoms. The summed E-state index contributed by atoms with van der Waals surface area (Å²) in [5.41, 5.74) is 0.0591. The lowest BCUT2D eigenvalue weighted by Crippen LogP contribution is -2.49. The van der Waals surface area contributed by atoms with Gasteiger partial charge in [-0.15, -0.1) is 0 Å². The first-order valence-corrected chi connectivity index (χ1v) is 5.92. The fraction of sp³-hybridized carbons (Fsp3) is 1.00. The number of aliphatic hydroxyl groups excluding tert-OH is 1. The second kappa shape index (κ2) is 5.25. The highest BCUT2D eigenvalue weighted by Gasteiger charge is 2.38. The second-order valence-corrected chi connectivity index (χ2v) is 4.49. The van der Waals surface area contributed by atoms with Crippen LogP contribution in [0.3, 0.4) is 0 Å². The predicted molar refractivity (Wildman–Crippen MR) is 56.8 cm³/mol. The van der Waals surface area contributed by atoms with Gasteiger partial charge >= 0.3 is 0 Å². The summed E-state index contributed by atoms with van der Waals surface area (Å²) < 4.78 is 11.5. The number of aliphatic hydroxyl groups is 1. The zero-order chi connectivity index (χ0) is 10.6. The van der Waals surface area contributed by atoms with Crippen LogP contribution in [0.2, 0.25) is 0 Å². The molecule has 0 aromatic heterocycles. The molecule has 4 heteroatoms. The molecule has 2 fully saturated rings. The van der Waals surface area contributed by atoms with Gasteiger partial charge in [0.2, 0.25) is 0 Å². The number of hydrogen-bond donors (Lipinski definition) is 2. The van der Waals surface area contributed by atoms with E-state index in [9.17, 15) is 0 Å². The minimum absolute atomic E-state index is 0.0591. The lowest BCUT2D eigenvalue weighted by Gasteiger charge is -2.43. The first-order chi connectivity index (χ1) is 7.35. The largest absolute Gasteiger partial charge is 0.394 e. The molecule has 15 heavy (non-hydrogen) atoms. The van der Waals surface area contributed by atoms with Gasteiger partial charge in [0.1, 0.15) is 0 Å². The van der Waals surface area contributed by atoms with Crippen molar-refractivity contribution in [3.8, 4) is 0 Å². The third kappa shape index (κ3) is 2.91. The van der Waals surface area contributed by atoms with Crippen LogP contribution in [0.15, 0.2) is 0 Å². The van der Waals surface area contributed by atoms with Gasteiger partial charge in [0, 0.05) is 13.0 Å². The molecule has 0 aromatic carbocycles. The van der Waals surface area contributed by atoms with Gasteiger partial charge < -0.3 is 19.9 Å². The zero-order valence-corrected chi connectivity index (χ0v) is 9.21. The standard InChI is InChI=1S/C11H21NO3/c13-6-8-14-10-1-7-15-11(9-10)2-4-12-5-3-11/h10,12-13H,1-9H2. The Morgan fingerprint density at radius 1 is 1.40 bits per heavy atom. The van der Waals surface area contributed by atoms with Crippen LogP contribution in [-0.2, 0) is 9.47 Å². The number of ether oxygens (including phenoxy) is 2. The van der Waals surface area contributed by atoms with E-state index < -0.39 is 0 Å². The SMILES string of the molecule is OCCOC1CCOC2(CCNCC2)C1. The molecule has 2 heterocycles. The summed E-state index contributed by atoms with van der Waals surface area (Å²) in [5.74, 6) is 0. The van der Waals surface area contributed by atoms with Crippen LogP contribution in [0.4, 0.5) is 0 Å².